The van der Waals surface area contributed by atoms with Crippen LogP contribution in [0.1, 0.15) is 58.3 Å². The molecule has 2 aromatic heterocycles. The maximum atomic E-state index is 12.2. The first-order valence-electron chi connectivity index (χ1n) is 15.8. The number of methoxy groups -OCH3 is 2. The smallest absolute Gasteiger partial charge is 0.358 e. The molecular formula is C36H44Br2N6O7. The predicted molar refractivity (Wildman–Crippen MR) is 199 cm³/mol. The molecule has 0 saturated carbocycles. The summed E-state index contributed by atoms with van der Waals surface area (Å²) in [5, 5.41) is 12.3. The summed E-state index contributed by atoms with van der Waals surface area (Å²) >= 11 is 6.96. The average molecular weight is 833 g/mol. The van der Waals surface area contributed by atoms with Crippen LogP contribution in [-0.2, 0) is 49.7 Å². The van der Waals surface area contributed by atoms with Crippen molar-refractivity contribution in [2.45, 2.75) is 46.8 Å². The lowest BCUT2D eigenvalue weighted by Gasteiger charge is -2.39. The van der Waals surface area contributed by atoms with E-state index in [4.69, 9.17) is 14.2 Å². The van der Waals surface area contributed by atoms with Crippen molar-refractivity contribution in [3.63, 3.8) is 0 Å². The number of Topliss-reactive ketones (excluding diaryl/α,β-unsaturated/α-hetero) is 1. The van der Waals surface area contributed by atoms with Gasteiger partial charge in [-0.05, 0) is 36.4 Å². The van der Waals surface area contributed by atoms with Crippen LogP contribution in [0.3, 0.4) is 0 Å². The van der Waals surface area contributed by atoms with Crippen LogP contribution in [0.5, 0.6) is 0 Å². The third-order valence-electron chi connectivity index (χ3n) is 8.54. The molecule has 1 N–H and O–H groups in total. The first-order valence-corrected chi connectivity index (χ1v) is 17.4. The Kier molecular flexibility index (Phi) is 14.3. The van der Waals surface area contributed by atoms with Crippen LogP contribution in [0.4, 0.5) is 0 Å². The van der Waals surface area contributed by atoms with Gasteiger partial charge in [0.05, 0.1) is 56.2 Å². The zero-order chi connectivity index (χ0) is 34.5. The minimum absolute atomic E-state index is 0. The summed E-state index contributed by atoms with van der Waals surface area (Å²) in [5.74, 6) is -0.560. The summed E-state index contributed by atoms with van der Waals surface area (Å²) in [7, 11) is 2.77. The van der Waals surface area contributed by atoms with E-state index in [0.717, 1.165) is 82.0 Å². The molecule has 0 amide bonds. The summed E-state index contributed by atoms with van der Waals surface area (Å²) in [6.07, 6.45) is 1.69. The van der Waals surface area contributed by atoms with Crippen LogP contribution >= 0.6 is 31.9 Å². The van der Waals surface area contributed by atoms with Gasteiger partial charge in [-0.15, -0.1) is 0 Å². The Labute approximate surface area is 314 Å². The van der Waals surface area contributed by atoms with Crippen LogP contribution in [0.25, 0.3) is 11.4 Å². The Morgan fingerprint density at radius 1 is 0.824 bits per heavy atom. The van der Waals surface area contributed by atoms with Crippen LogP contribution in [-0.4, -0.2) is 102 Å². The van der Waals surface area contributed by atoms with Crippen molar-refractivity contribution in [3.8, 4) is 11.4 Å². The summed E-state index contributed by atoms with van der Waals surface area (Å²) in [6.45, 7) is 5.41. The topological polar surface area (TPSA) is 139 Å². The number of fused-ring (bicyclic) bond motifs is 2. The molecule has 0 bridgehead atoms. The Hall–Kier alpha value is -3.73. The van der Waals surface area contributed by atoms with Gasteiger partial charge in [0.2, 0.25) is 0 Å². The monoisotopic (exact) mass is 830 g/mol. The highest BCUT2D eigenvalue weighted by molar-refractivity contribution is 9.10. The van der Waals surface area contributed by atoms with E-state index in [1.165, 1.54) is 14.2 Å². The maximum absolute atomic E-state index is 12.2. The largest absolute Gasteiger partial charge is 0.464 e. The second kappa shape index (κ2) is 18.2. The number of carbonyl (C=O) groups is 3. The fraction of sp³-hybridized carbons (Fsp3) is 0.417. The Morgan fingerprint density at radius 3 is 1.80 bits per heavy atom. The molecule has 0 unspecified atom stereocenters. The zero-order valence-corrected chi connectivity index (χ0v) is 30.3. The molecule has 4 aliphatic rings. The molecule has 6 heterocycles. The quantitative estimate of drug-likeness (QED) is 0.269. The van der Waals surface area contributed by atoms with Gasteiger partial charge in [-0.25, -0.2) is 19.0 Å². The lowest BCUT2D eigenvalue weighted by atomic mass is 10.0. The van der Waals surface area contributed by atoms with Gasteiger partial charge >= 0.3 is 11.9 Å². The van der Waals surface area contributed by atoms with Crippen molar-refractivity contribution in [2.75, 3.05) is 53.7 Å². The van der Waals surface area contributed by atoms with E-state index in [1.807, 2.05) is 57.9 Å². The van der Waals surface area contributed by atoms with Crippen LogP contribution in [0.15, 0.2) is 57.5 Å². The van der Waals surface area contributed by atoms with E-state index in [1.54, 1.807) is 0 Å². The van der Waals surface area contributed by atoms with Gasteiger partial charge in [0.25, 0.3) is 0 Å². The molecule has 4 aliphatic heterocycles. The molecule has 274 valence electrons. The standard InChI is InChI=1S/C17H18BrN3O3.C14H14BrN3O2.C3H4O2.2CH4/c1-23-17(22)16-14-8-20(13-9-24-10-13)6-5-15(14)21(19-16)12-4-2-3-11(18)7-12;1-20-14(19)13-11-8-16-6-5-12(11)18(17-13)10-4-2-3-9(15)7-10;4-3-1-5-2-3;;/h2-4,7,13H,5-6,8-10H2,1H3;2-4,7,16H,5-6,8H2,1H3;1-2H2;2*1H4. The minimum Gasteiger partial charge on any atom is -0.464 e. The number of carbonyl (C=O) groups excluding carboxylic acids is 3. The highest BCUT2D eigenvalue weighted by atomic mass is 79.9. The highest BCUT2D eigenvalue weighted by Crippen LogP contribution is 2.29. The average Bonchev–Trinajstić information content (AvgIpc) is 3.66. The highest BCUT2D eigenvalue weighted by Gasteiger charge is 2.34. The van der Waals surface area contributed by atoms with Gasteiger partial charge in [-0.3, -0.25) is 9.69 Å². The van der Waals surface area contributed by atoms with E-state index >= 15 is 0 Å². The van der Waals surface area contributed by atoms with Crippen molar-refractivity contribution in [1.82, 2.24) is 29.8 Å². The number of rotatable bonds is 5. The SMILES string of the molecule is C.C.COC(=O)c1nn(-c2cccc(Br)c2)c2c1CN(C1COC1)CC2.COC(=O)c1nn(-c2cccc(Br)c2)c2c1CNCC2.O=C1COC1. The second-order valence-electron chi connectivity index (χ2n) is 11.7. The van der Waals surface area contributed by atoms with Crippen LogP contribution in [0.2, 0.25) is 0 Å². The van der Waals surface area contributed by atoms with Gasteiger partial charge in [0.15, 0.2) is 17.2 Å². The number of esters is 2. The molecule has 0 spiro atoms. The number of hydrogen-bond donors (Lipinski definition) is 1. The normalized spacial score (nSPS) is 16.1. The lowest BCUT2D eigenvalue weighted by Crippen LogP contribution is -2.50. The number of ether oxygens (including phenoxy) is 4. The molecule has 2 fully saturated rings. The van der Waals surface area contributed by atoms with Crippen molar-refractivity contribution in [3.05, 3.63) is 91.4 Å². The van der Waals surface area contributed by atoms with E-state index in [2.05, 4.69) is 57.0 Å². The molecule has 2 saturated heterocycles. The first kappa shape index (κ1) is 40.0. The van der Waals surface area contributed by atoms with Gasteiger partial charge in [-0.1, -0.05) is 58.8 Å². The van der Waals surface area contributed by atoms with Crippen molar-refractivity contribution >= 4 is 49.6 Å². The first-order chi connectivity index (χ1) is 23.8. The lowest BCUT2D eigenvalue weighted by molar-refractivity contribution is -0.140. The third kappa shape index (κ3) is 9.02. The summed E-state index contributed by atoms with van der Waals surface area (Å²) in [4.78, 5) is 36.2. The fourth-order valence-corrected chi connectivity index (χ4v) is 6.66. The molecule has 4 aromatic rings. The summed E-state index contributed by atoms with van der Waals surface area (Å²) in [5.41, 5.74) is 6.76. The molecule has 2 aromatic carbocycles. The molecule has 51 heavy (non-hydrogen) atoms. The van der Waals surface area contributed by atoms with Gasteiger partial charge in [0.1, 0.15) is 13.2 Å². The molecule has 0 atom stereocenters. The van der Waals surface area contributed by atoms with Crippen molar-refractivity contribution in [1.29, 1.82) is 0 Å². The van der Waals surface area contributed by atoms with Crippen LogP contribution in [0, 0.1) is 0 Å². The summed E-state index contributed by atoms with van der Waals surface area (Å²) in [6, 6.07) is 16.2. The number of nitrogens with one attached hydrogen (secondary N) is 1. The number of nitrogens with zero attached hydrogens (tertiary/aromatic N) is 5. The number of halogens is 2. The molecule has 0 aliphatic carbocycles. The van der Waals surface area contributed by atoms with Crippen molar-refractivity contribution < 1.29 is 33.3 Å². The number of benzene rings is 2. The van der Waals surface area contributed by atoms with Crippen molar-refractivity contribution in [2.24, 2.45) is 0 Å². The Bertz CT molecular complexity index is 1850. The van der Waals surface area contributed by atoms with Gasteiger partial charge in [0, 0.05) is 59.1 Å². The van der Waals surface area contributed by atoms with E-state index in [-0.39, 0.29) is 26.6 Å². The number of ketones is 1. The predicted octanol–water partition coefficient (Wildman–Crippen LogP) is 5.10. The van der Waals surface area contributed by atoms with E-state index in [0.29, 0.717) is 43.7 Å². The number of hydrogen-bond acceptors (Lipinski definition) is 11. The third-order valence-corrected chi connectivity index (χ3v) is 9.53. The van der Waals surface area contributed by atoms with Gasteiger partial charge < -0.3 is 24.3 Å². The summed E-state index contributed by atoms with van der Waals surface area (Å²) < 4.78 is 25.2. The fourth-order valence-electron chi connectivity index (χ4n) is 5.88. The van der Waals surface area contributed by atoms with E-state index < -0.39 is 5.97 Å². The molecule has 15 heteroatoms. The number of aromatic nitrogens is 4. The Balaban J connectivity index is 0.000000196. The second-order valence-corrected chi connectivity index (χ2v) is 13.5. The minimum atomic E-state index is -0.390. The Morgan fingerprint density at radius 2 is 1.35 bits per heavy atom. The molecule has 13 nitrogen and oxygen atoms in total. The molecule has 8 rings (SSSR count). The molecule has 0 radical (unpaired) electrons. The molecular weight excluding hydrogens is 788 g/mol. The van der Waals surface area contributed by atoms with Gasteiger partial charge in [-0.2, -0.15) is 10.2 Å². The van der Waals surface area contributed by atoms with Crippen LogP contribution < -0.4 is 5.32 Å². The maximum Gasteiger partial charge on any atom is 0.358 e. The zero-order valence-electron chi connectivity index (χ0n) is 27.1. The van der Waals surface area contributed by atoms with E-state index in [9.17, 15) is 14.4 Å².